The molecule has 0 bridgehead atoms. The number of aliphatic carboxylic acids is 1. The molecule has 0 radical (unpaired) electrons. The summed E-state index contributed by atoms with van der Waals surface area (Å²) in [5.41, 5.74) is -0.417. The Morgan fingerprint density at radius 3 is 3.00 bits per heavy atom. The van der Waals surface area contributed by atoms with Crippen molar-refractivity contribution in [2.45, 2.75) is 51.2 Å². The predicted octanol–water partition coefficient (Wildman–Crippen LogP) is 2.89. The highest BCUT2D eigenvalue weighted by molar-refractivity contribution is 5.79. The number of carboxylic acids is 1. The summed E-state index contributed by atoms with van der Waals surface area (Å²) in [6.07, 6.45) is 2.06. The van der Waals surface area contributed by atoms with Crippen LogP contribution in [0, 0.1) is 12.7 Å². The Kier molecular flexibility index (Phi) is 4.83. The molecule has 4 nitrogen and oxygen atoms in total. The summed E-state index contributed by atoms with van der Waals surface area (Å²) in [5, 5.41) is 12.6. The van der Waals surface area contributed by atoms with E-state index in [2.05, 4.69) is 5.32 Å². The molecule has 5 heteroatoms. The maximum Gasteiger partial charge on any atom is 0.324 e. The molecule has 0 spiro atoms. The molecule has 1 aromatic rings. The highest BCUT2D eigenvalue weighted by atomic mass is 19.1. The third-order valence-electron chi connectivity index (χ3n) is 4.04. The molecule has 0 aliphatic heterocycles. The molecule has 1 aliphatic rings. The number of halogens is 1. The summed E-state index contributed by atoms with van der Waals surface area (Å²) in [7, 11) is 0. The number of rotatable bonds is 6. The van der Waals surface area contributed by atoms with Crippen LogP contribution in [0.1, 0.15) is 38.2 Å². The third kappa shape index (κ3) is 3.35. The summed E-state index contributed by atoms with van der Waals surface area (Å²) in [4.78, 5) is 11.6. The molecule has 116 valence electrons. The van der Waals surface area contributed by atoms with Crippen molar-refractivity contribution in [2.24, 2.45) is 0 Å². The zero-order valence-corrected chi connectivity index (χ0v) is 12.5. The van der Waals surface area contributed by atoms with Crippen LogP contribution in [0.3, 0.4) is 0 Å². The molecule has 1 fully saturated rings. The zero-order valence-electron chi connectivity index (χ0n) is 12.5. The van der Waals surface area contributed by atoms with Crippen LogP contribution in [-0.2, 0) is 4.79 Å². The normalized spacial score (nSPS) is 25.0. The topological polar surface area (TPSA) is 58.6 Å². The second-order valence-corrected chi connectivity index (χ2v) is 5.68. The summed E-state index contributed by atoms with van der Waals surface area (Å²) in [6.45, 7) is 4.33. The van der Waals surface area contributed by atoms with Gasteiger partial charge < -0.3 is 15.2 Å². The molecule has 1 aliphatic carbocycles. The van der Waals surface area contributed by atoms with E-state index in [-0.39, 0.29) is 17.7 Å². The van der Waals surface area contributed by atoms with E-state index in [1.54, 1.807) is 25.1 Å². The lowest BCUT2D eigenvalue weighted by Gasteiger charge is -2.26. The van der Waals surface area contributed by atoms with Gasteiger partial charge in [-0.05, 0) is 44.4 Å². The SMILES string of the molecule is CCCNC1(C(=O)O)CCC(Oc2cccc(C)c2F)C1. The van der Waals surface area contributed by atoms with Gasteiger partial charge in [0.05, 0.1) is 0 Å². The largest absolute Gasteiger partial charge is 0.487 e. The summed E-state index contributed by atoms with van der Waals surface area (Å²) in [6, 6.07) is 5.01. The van der Waals surface area contributed by atoms with Crippen molar-refractivity contribution in [1.29, 1.82) is 0 Å². The average molecular weight is 295 g/mol. The fourth-order valence-electron chi connectivity index (χ4n) is 2.79. The molecular formula is C16H22FNO3. The Balaban J connectivity index is 2.07. The number of ether oxygens (including phenoxy) is 1. The maximum atomic E-state index is 14.0. The Hall–Kier alpha value is -1.62. The molecule has 0 heterocycles. The lowest BCUT2D eigenvalue weighted by atomic mass is 9.97. The van der Waals surface area contributed by atoms with E-state index in [1.807, 2.05) is 6.92 Å². The van der Waals surface area contributed by atoms with Crippen molar-refractivity contribution in [3.05, 3.63) is 29.6 Å². The van der Waals surface area contributed by atoms with Crippen molar-refractivity contribution in [3.63, 3.8) is 0 Å². The van der Waals surface area contributed by atoms with Crippen LogP contribution < -0.4 is 10.1 Å². The van der Waals surface area contributed by atoms with Crippen molar-refractivity contribution in [3.8, 4) is 5.75 Å². The van der Waals surface area contributed by atoms with Crippen LogP contribution in [0.4, 0.5) is 4.39 Å². The first-order valence-corrected chi connectivity index (χ1v) is 7.38. The standard InChI is InChI=1S/C16H22FNO3/c1-3-9-18-16(15(19)20)8-7-12(10-16)21-13-6-4-5-11(2)14(13)17/h4-6,12,18H,3,7-10H2,1-2H3,(H,19,20). The van der Waals surface area contributed by atoms with Gasteiger partial charge in [-0.1, -0.05) is 19.1 Å². The van der Waals surface area contributed by atoms with E-state index in [0.717, 1.165) is 6.42 Å². The molecule has 1 aromatic carbocycles. The van der Waals surface area contributed by atoms with E-state index in [9.17, 15) is 14.3 Å². The molecule has 2 atom stereocenters. The third-order valence-corrected chi connectivity index (χ3v) is 4.04. The van der Waals surface area contributed by atoms with Crippen molar-refractivity contribution in [2.75, 3.05) is 6.54 Å². The molecule has 2 unspecified atom stereocenters. The summed E-state index contributed by atoms with van der Waals surface area (Å²) in [5.74, 6) is -1.02. The molecule has 2 rings (SSSR count). The van der Waals surface area contributed by atoms with E-state index >= 15 is 0 Å². The van der Waals surface area contributed by atoms with Gasteiger partial charge >= 0.3 is 5.97 Å². The molecule has 0 amide bonds. The minimum atomic E-state index is -0.943. The second kappa shape index (κ2) is 6.43. The van der Waals surface area contributed by atoms with Crippen LogP contribution in [0.5, 0.6) is 5.75 Å². The Labute approximate surface area is 124 Å². The quantitative estimate of drug-likeness (QED) is 0.847. The van der Waals surface area contributed by atoms with Gasteiger partial charge in [-0.25, -0.2) is 4.39 Å². The highest BCUT2D eigenvalue weighted by Crippen LogP contribution is 2.34. The number of benzene rings is 1. The van der Waals surface area contributed by atoms with Crippen molar-refractivity contribution in [1.82, 2.24) is 5.32 Å². The first kappa shape index (κ1) is 15.8. The predicted molar refractivity (Wildman–Crippen MR) is 78.1 cm³/mol. The Bertz CT molecular complexity index is 520. The van der Waals surface area contributed by atoms with E-state index in [1.165, 1.54) is 0 Å². The van der Waals surface area contributed by atoms with Crippen LogP contribution in [-0.4, -0.2) is 29.3 Å². The Morgan fingerprint density at radius 1 is 1.57 bits per heavy atom. The number of carboxylic acid groups (broad SMARTS) is 1. The number of carbonyl (C=O) groups is 1. The average Bonchev–Trinajstić information content (AvgIpc) is 2.86. The second-order valence-electron chi connectivity index (χ2n) is 5.68. The minimum absolute atomic E-state index is 0.205. The maximum absolute atomic E-state index is 14.0. The highest BCUT2D eigenvalue weighted by Gasteiger charge is 2.46. The number of aryl methyl sites for hydroxylation is 1. The number of hydrogen-bond donors (Lipinski definition) is 2. The molecule has 1 saturated carbocycles. The van der Waals surface area contributed by atoms with Crippen LogP contribution in [0.25, 0.3) is 0 Å². The number of nitrogens with one attached hydrogen (secondary N) is 1. The van der Waals surface area contributed by atoms with Crippen molar-refractivity contribution < 1.29 is 19.0 Å². The van der Waals surface area contributed by atoms with Gasteiger partial charge in [0.25, 0.3) is 0 Å². The molecule has 0 saturated heterocycles. The van der Waals surface area contributed by atoms with E-state index in [4.69, 9.17) is 4.74 Å². The molecule has 21 heavy (non-hydrogen) atoms. The zero-order chi connectivity index (χ0) is 15.5. The number of hydrogen-bond acceptors (Lipinski definition) is 3. The van der Waals surface area contributed by atoms with Crippen LogP contribution in [0.15, 0.2) is 18.2 Å². The van der Waals surface area contributed by atoms with Gasteiger partial charge in [-0.2, -0.15) is 0 Å². The van der Waals surface area contributed by atoms with Gasteiger partial charge in [0.15, 0.2) is 11.6 Å². The van der Waals surface area contributed by atoms with Gasteiger partial charge in [0.2, 0.25) is 0 Å². The minimum Gasteiger partial charge on any atom is -0.487 e. The lowest BCUT2D eigenvalue weighted by Crippen LogP contribution is -2.50. The Morgan fingerprint density at radius 2 is 2.33 bits per heavy atom. The van der Waals surface area contributed by atoms with E-state index < -0.39 is 11.5 Å². The monoisotopic (exact) mass is 295 g/mol. The fraction of sp³-hybridized carbons (Fsp3) is 0.562. The summed E-state index contributed by atoms with van der Waals surface area (Å²) < 4.78 is 19.6. The molecule has 2 N–H and O–H groups in total. The van der Waals surface area contributed by atoms with Crippen LogP contribution >= 0.6 is 0 Å². The molecular weight excluding hydrogens is 273 g/mol. The first-order chi connectivity index (χ1) is 9.98. The lowest BCUT2D eigenvalue weighted by molar-refractivity contribution is -0.144. The first-order valence-electron chi connectivity index (χ1n) is 7.38. The van der Waals surface area contributed by atoms with Crippen molar-refractivity contribution >= 4 is 5.97 Å². The fourth-order valence-corrected chi connectivity index (χ4v) is 2.79. The smallest absolute Gasteiger partial charge is 0.324 e. The van der Waals surface area contributed by atoms with Gasteiger partial charge in [0.1, 0.15) is 11.6 Å². The summed E-state index contributed by atoms with van der Waals surface area (Å²) >= 11 is 0. The molecule has 0 aromatic heterocycles. The van der Waals surface area contributed by atoms with E-state index in [0.29, 0.717) is 31.4 Å². The van der Waals surface area contributed by atoms with Gasteiger partial charge in [0, 0.05) is 6.42 Å². The van der Waals surface area contributed by atoms with Crippen LogP contribution in [0.2, 0.25) is 0 Å². The van der Waals surface area contributed by atoms with Gasteiger partial charge in [-0.3, -0.25) is 4.79 Å². The van der Waals surface area contributed by atoms with Gasteiger partial charge in [-0.15, -0.1) is 0 Å².